The Morgan fingerprint density at radius 1 is 1.31 bits per heavy atom. The minimum absolute atomic E-state index is 0.0771. The molecule has 0 saturated heterocycles. The van der Waals surface area contributed by atoms with E-state index in [1.54, 1.807) is 17.7 Å². The number of hydrogen-bond donors (Lipinski definition) is 1. The van der Waals surface area contributed by atoms with Crippen LogP contribution in [0.5, 0.6) is 0 Å². The molecule has 2 aromatic heterocycles. The van der Waals surface area contributed by atoms with Crippen molar-refractivity contribution < 1.29 is 4.79 Å². The molecule has 1 aliphatic carbocycles. The highest BCUT2D eigenvalue weighted by atomic mass is 32.2. The lowest BCUT2D eigenvalue weighted by atomic mass is 10.1. The molecule has 0 radical (unpaired) electrons. The van der Waals surface area contributed by atoms with Crippen molar-refractivity contribution in [2.24, 2.45) is 5.92 Å². The van der Waals surface area contributed by atoms with Gasteiger partial charge in [0.25, 0.3) is 0 Å². The largest absolute Gasteiger partial charge is 0.353 e. The number of rotatable bonds is 6. The van der Waals surface area contributed by atoms with E-state index in [9.17, 15) is 4.79 Å². The summed E-state index contributed by atoms with van der Waals surface area (Å²) in [4.78, 5) is 22.1. The number of carbonyl (C=O) groups is 1. The van der Waals surface area contributed by atoms with Crippen LogP contribution in [-0.4, -0.2) is 27.7 Å². The van der Waals surface area contributed by atoms with Gasteiger partial charge in [-0.05, 0) is 38.2 Å². The Bertz CT molecular complexity index is 932. The first kappa shape index (κ1) is 17.5. The van der Waals surface area contributed by atoms with Gasteiger partial charge >= 0.3 is 0 Å². The minimum atomic E-state index is 0.0771. The quantitative estimate of drug-likeness (QED) is 0.496. The van der Waals surface area contributed by atoms with Gasteiger partial charge in [0, 0.05) is 17.0 Å². The van der Waals surface area contributed by atoms with Crippen molar-refractivity contribution in [1.82, 2.24) is 15.3 Å². The van der Waals surface area contributed by atoms with E-state index in [1.165, 1.54) is 30.2 Å². The van der Waals surface area contributed by atoms with Crippen LogP contribution in [0.4, 0.5) is 0 Å². The van der Waals surface area contributed by atoms with E-state index in [-0.39, 0.29) is 11.9 Å². The number of benzene rings is 1. The van der Waals surface area contributed by atoms with Crippen LogP contribution >= 0.6 is 23.1 Å². The molecule has 1 N–H and O–H groups in total. The maximum absolute atomic E-state index is 12.3. The Labute approximate surface area is 161 Å². The Hall–Kier alpha value is -1.92. The van der Waals surface area contributed by atoms with Crippen LogP contribution < -0.4 is 5.32 Å². The average Bonchev–Trinajstić information content (AvgIpc) is 3.40. The number of aromatic nitrogens is 2. The number of aryl methyl sites for hydroxylation is 1. The van der Waals surface area contributed by atoms with Crippen molar-refractivity contribution in [2.45, 2.75) is 37.8 Å². The zero-order valence-electron chi connectivity index (χ0n) is 14.9. The number of nitrogens with one attached hydrogen (secondary N) is 1. The van der Waals surface area contributed by atoms with Crippen molar-refractivity contribution in [3.63, 3.8) is 0 Å². The molecule has 1 fully saturated rings. The summed E-state index contributed by atoms with van der Waals surface area (Å²) in [6.45, 7) is 4.18. The number of thioether (sulfide) groups is 1. The van der Waals surface area contributed by atoms with Gasteiger partial charge in [-0.3, -0.25) is 4.79 Å². The van der Waals surface area contributed by atoms with Crippen LogP contribution in [-0.2, 0) is 4.79 Å². The highest BCUT2D eigenvalue weighted by Gasteiger charge is 2.28. The molecular formula is C20H21N3OS2. The SMILES string of the molecule is Cc1ccc(-c2csc3ncnc(SCC(=O)N[C@@H](C)C4CC4)c23)cc1. The lowest BCUT2D eigenvalue weighted by molar-refractivity contribution is -0.119. The van der Waals surface area contributed by atoms with Gasteiger partial charge < -0.3 is 5.32 Å². The van der Waals surface area contributed by atoms with Crippen LogP contribution in [0.2, 0.25) is 0 Å². The normalized spacial score (nSPS) is 15.2. The summed E-state index contributed by atoms with van der Waals surface area (Å²) in [6, 6.07) is 8.76. The summed E-state index contributed by atoms with van der Waals surface area (Å²) in [5.74, 6) is 1.12. The smallest absolute Gasteiger partial charge is 0.230 e. The Kier molecular flexibility index (Phi) is 4.96. The lowest BCUT2D eigenvalue weighted by Gasteiger charge is -2.12. The Morgan fingerprint density at radius 3 is 2.81 bits per heavy atom. The highest BCUT2D eigenvalue weighted by Crippen LogP contribution is 2.38. The van der Waals surface area contributed by atoms with Gasteiger partial charge in [-0.1, -0.05) is 41.6 Å². The van der Waals surface area contributed by atoms with E-state index in [1.807, 2.05) is 0 Å². The average molecular weight is 384 g/mol. The van der Waals surface area contributed by atoms with Crippen LogP contribution in [0.15, 0.2) is 41.0 Å². The molecule has 2 heterocycles. The van der Waals surface area contributed by atoms with Gasteiger partial charge in [-0.15, -0.1) is 11.3 Å². The van der Waals surface area contributed by atoms with E-state index in [4.69, 9.17) is 0 Å². The van der Waals surface area contributed by atoms with E-state index in [0.29, 0.717) is 11.7 Å². The molecule has 0 unspecified atom stereocenters. The van der Waals surface area contributed by atoms with E-state index < -0.39 is 0 Å². The molecule has 0 aliphatic heterocycles. The summed E-state index contributed by atoms with van der Waals surface area (Å²) >= 11 is 3.11. The summed E-state index contributed by atoms with van der Waals surface area (Å²) in [7, 11) is 0. The van der Waals surface area contributed by atoms with Gasteiger partial charge in [0.05, 0.1) is 11.1 Å². The van der Waals surface area contributed by atoms with Gasteiger partial charge in [-0.25, -0.2) is 9.97 Å². The number of carbonyl (C=O) groups excluding carboxylic acids is 1. The summed E-state index contributed by atoms with van der Waals surface area (Å²) in [6.07, 6.45) is 4.05. The molecule has 6 heteroatoms. The number of fused-ring (bicyclic) bond motifs is 1. The van der Waals surface area contributed by atoms with Crippen molar-refractivity contribution in [3.8, 4) is 11.1 Å². The van der Waals surface area contributed by atoms with Crippen molar-refractivity contribution in [2.75, 3.05) is 5.75 Å². The summed E-state index contributed by atoms with van der Waals surface area (Å²) in [5.41, 5.74) is 3.53. The van der Waals surface area contributed by atoms with Gasteiger partial charge in [0.1, 0.15) is 16.2 Å². The molecule has 134 valence electrons. The molecule has 1 amide bonds. The fourth-order valence-corrected chi connectivity index (χ4v) is 4.85. The highest BCUT2D eigenvalue weighted by molar-refractivity contribution is 8.00. The molecule has 1 aliphatic rings. The molecule has 1 aromatic carbocycles. The van der Waals surface area contributed by atoms with Gasteiger partial charge in [0.15, 0.2) is 0 Å². The Morgan fingerprint density at radius 2 is 2.08 bits per heavy atom. The monoisotopic (exact) mass is 383 g/mol. The summed E-state index contributed by atoms with van der Waals surface area (Å²) in [5, 5.41) is 7.16. The maximum Gasteiger partial charge on any atom is 0.230 e. The van der Waals surface area contributed by atoms with Crippen LogP contribution in [0.25, 0.3) is 21.3 Å². The fraction of sp³-hybridized carbons (Fsp3) is 0.350. The first-order valence-electron chi connectivity index (χ1n) is 8.83. The molecule has 4 rings (SSSR count). The molecule has 0 bridgehead atoms. The molecular weight excluding hydrogens is 362 g/mol. The maximum atomic E-state index is 12.3. The number of thiophene rings is 1. The van der Waals surface area contributed by atoms with Crippen molar-refractivity contribution in [1.29, 1.82) is 0 Å². The molecule has 26 heavy (non-hydrogen) atoms. The third kappa shape index (κ3) is 3.76. The third-order valence-electron chi connectivity index (χ3n) is 4.76. The fourth-order valence-electron chi connectivity index (χ4n) is 3.05. The molecule has 3 aromatic rings. The number of nitrogens with zero attached hydrogens (tertiary/aromatic N) is 2. The molecule has 4 nitrogen and oxygen atoms in total. The van der Waals surface area contributed by atoms with Crippen molar-refractivity contribution >= 4 is 39.2 Å². The van der Waals surface area contributed by atoms with Crippen LogP contribution in [0.3, 0.4) is 0 Å². The second kappa shape index (κ2) is 7.37. The predicted octanol–water partition coefficient (Wildman–Crippen LogP) is 4.67. The van der Waals surface area contributed by atoms with Gasteiger partial charge in [0.2, 0.25) is 5.91 Å². The van der Waals surface area contributed by atoms with Crippen LogP contribution in [0, 0.1) is 12.8 Å². The topological polar surface area (TPSA) is 54.9 Å². The number of hydrogen-bond acceptors (Lipinski definition) is 5. The second-order valence-corrected chi connectivity index (χ2v) is 8.68. The first-order chi connectivity index (χ1) is 12.6. The minimum Gasteiger partial charge on any atom is -0.353 e. The standard InChI is InChI=1S/C20H21N3OS2/c1-12-3-5-15(6-4-12)16-9-25-19-18(16)20(22-11-21-19)26-10-17(24)23-13(2)14-7-8-14/h3-6,9,11,13-14H,7-8,10H2,1-2H3,(H,23,24)/t13-/m0/s1. The second-order valence-electron chi connectivity index (χ2n) is 6.86. The molecule has 1 saturated carbocycles. The molecule has 0 spiro atoms. The lowest BCUT2D eigenvalue weighted by Crippen LogP contribution is -2.35. The van der Waals surface area contributed by atoms with E-state index >= 15 is 0 Å². The molecule has 1 atom stereocenters. The predicted molar refractivity (Wildman–Crippen MR) is 109 cm³/mol. The first-order valence-corrected chi connectivity index (χ1v) is 10.7. The van der Waals surface area contributed by atoms with E-state index in [2.05, 4.69) is 58.8 Å². The zero-order valence-corrected chi connectivity index (χ0v) is 16.5. The number of amides is 1. The zero-order chi connectivity index (χ0) is 18.1. The summed E-state index contributed by atoms with van der Waals surface area (Å²) < 4.78 is 0. The van der Waals surface area contributed by atoms with Crippen molar-refractivity contribution in [3.05, 3.63) is 41.5 Å². The van der Waals surface area contributed by atoms with Gasteiger partial charge in [-0.2, -0.15) is 0 Å². The van der Waals surface area contributed by atoms with Crippen LogP contribution in [0.1, 0.15) is 25.3 Å². The van der Waals surface area contributed by atoms with E-state index in [0.717, 1.165) is 26.4 Å². The third-order valence-corrected chi connectivity index (χ3v) is 6.63. The Balaban J connectivity index is 1.55.